The molecule has 3 aromatic rings. The Morgan fingerprint density at radius 3 is 2.55 bits per heavy atom. The number of pyridine rings is 2. The largest absolute Gasteiger partial charge is 0.471 e. The average molecular weight is 421 g/mol. The summed E-state index contributed by atoms with van der Waals surface area (Å²) in [4.78, 5) is 13.5. The molecule has 0 aromatic carbocycles. The molecule has 3 heterocycles. The van der Waals surface area contributed by atoms with Gasteiger partial charge in [-0.1, -0.05) is 6.92 Å². The lowest BCUT2D eigenvalue weighted by Gasteiger charge is -2.19. The summed E-state index contributed by atoms with van der Waals surface area (Å²) in [6.07, 6.45) is -2.22. The summed E-state index contributed by atoms with van der Waals surface area (Å²) in [5, 5.41) is 9.16. The number of hydrogen-bond donors (Lipinski definition) is 0. The van der Waals surface area contributed by atoms with Crippen molar-refractivity contribution in [2.75, 3.05) is 5.75 Å². The van der Waals surface area contributed by atoms with Crippen molar-refractivity contribution >= 4 is 22.9 Å². The van der Waals surface area contributed by atoms with Crippen LogP contribution in [0.15, 0.2) is 29.4 Å². The van der Waals surface area contributed by atoms with Gasteiger partial charge in [0, 0.05) is 18.1 Å². The van der Waals surface area contributed by atoms with Crippen molar-refractivity contribution in [3.05, 3.63) is 30.1 Å². The number of alkyl halides is 3. The molecule has 0 amide bonds. The Morgan fingerprint density at radius 1 is 1.21 bits per heavy atom. The first kappa shape index (κ1) is 20.9. The van der Waals surface area contributed by atoms with E-state index in [1.165, 1.54) is 18.0 Å². The van der Waals surface area contributed by atoms with Crippen molar-refractivity contribution in [3.63, 3.8) is 0 Å². The minimum Gasteiger partial charge on any atom is -0.471 e. The minimum atomic E-state index is -4.49. The molecule has 10 heteroatoms. The maximum absolute atomic E-state index is 13.0. The van der Waals surface area contributed by atoms with Gasteiger partial charge in [-0.3, -0.25) is 0 Å². The van der Waals surface area contributed by atoms with Crippen LogP contribution < -0.4 is 4.74 Å². The number of nitrogens with zero attached hydrogens (tertiary/aromatic N) is 5. The highest BCUT2D eigenvalue weighted by molar-refractivity contribution is 7.99. The number of aromatic nitrogens is 4. The van der Waals surface area contributed by atoms with E-state index in [1.54, 1.807) is 31.5 Å². The number of imidazole rings is 1. The van der Waals surface area contributed by atoms with E-state index in [2.05, 4.69) is 21.0 Å². The fourth-order valence-electron chi connectivity index (χ4n) is 2.68. The molecule has 0 unspecified atom stereocenters. The van der Waals surface area contributed by atoms with Crippen LogP contribution in [0.25, 0.3) is 22.7 Å². The van der Waals surface area contributed by atoms with E-state index >= 15 is 0 Å². The molecule has 0 atom stereocenters. The summed E-state index contributed by atoms with van der Waals surface area (Å²) < 4.78 is 46.3. The molecule has 0 aliphatic heterocycles. The molecule has 0 bridgehead atoms. The van der Waals surface area contributed by atoms with Crippen LogP contribution >= 0.6 is 11.8 Å². The van der Waals surface area contributed by atoms with Crippen molar-refractivity contribution in [2.45, 2.75) is 37.4 Å². The molecule has 152 valence electrons. The second-order valence-corrected chi connectivity index (χ2v) is 8.04. The molecular formula is C19H18F3N5OS. The SMILES string of the molecule is CCSc1cc(OC(C)(C)C#N)cnc1-c1nc2cc(C(F)(F)F)cnc2n1C. The zero-order valence-corrected chi connectivity index (χ0v) is 17.0. The molecular weight excluding hydrogens is 403 g/mol. The van der Waals surface area contributed by atoms with Crippen molar-refractivity contribution < 1.29 is 17.9 Å². The zero-order valence-electron chi connectivity index (χ0n) is 16.2. The summed E-state index contributed by atoms with van der Waals surface area (Å²) >= 11 is 1.49. The van der Waals surface area contributed by atoms with E-state index in [9.17, 15) is 13.2 Å². The van der Waals surface area contributed by atoms with Gasteiger partial charge in [0.25, 0.3) is 0 Å². The van der Waals surface area contributed by atoms with Crippen LogP contribution in [-0.4, -0.2) is 30.9 Å². The lowest BCUT2D eigenvalue weighted by molar-refractivity contribution is -0.137. The highest BCUT2D eigenvalue weighted by atomic mass is 32.2. The quantitative estimate of drug-likeness (QED) is 0.549. The number of nitriles is 1. The molecule has 0 N–H and O–H groups in total. The molecule has 29 heavy (non-hydrogen) atoms. The molecule has 6 nitrogen and oxygen atoms in total. The van der Waals surface area contributed by atoms with Crippen LogP contribution in [0.3, 0.4) is 0 Å². The van der Waals surface area contributed by atoms with Crippen LogP contribution in [0.4, 0.5) is 13.2 Å². The van der Waals surface area contributed by atoms with Crippen LogP contribution in [0.5, 0.6) is 5.75 Å². The van der Waals surface area contributed by atoms with E-state index in [-0.39, 0.29) is 5.52 Å². The first-order chi connectivity index (χ1) is 13.6. The normalized spacial score (nSPS) is 12.2. The fourth-order valence-corrected chi connectivity index (χ4v) is 3.47. The number of ether oxygens (including phenoxy) is 1. The first-order valence-corrected chi connectivity index (χ1v) is 9.67. The van der Waals surface area contributed by atoms with Crippen molar-refractivity contribution in [1.82, 2.24) is 19.5 Å². The molecule has 0 aliphatic carbocycles. The van der Waals surface area contributed by atoms with E-state index in [0.29, 0.717) is 22.9 Å². The molecule has 0 radical (unpaired) electrons. The third kappa shape index (κ3) is 4.29. The van der Waals surface area contributed by atoms with Gasteiger partial charge in [-0.25, -0.2) is 15.0 Å². The average Bonchev–Trinajstić information content (AvgIpc) is 2.97. The Morgan fingerprint density at radius 2 is 1.93 bits per heavy atom. The minimum absolute atomic E-state index is 0.137. The number of aryl methyl sites for hydroxylation is 1. The highest BCUT2D eigenvalue weighted by Crippen LogP contribution is 2.35. The maximum atomic E-state index is 13.0. The summed E-state index contributed by atoms with van der Waals surface area (Å²) in [5.74, 6) is 1.56. The summed E-state index contributed by atoms with van der Waals surface area (Å²) in [7, 11) is 1.68. The Hall–Kier alpha value is -2.80. The van der Waals surface area contributed by atoms with E-state index in [1.807, 2.05) is 6.92 Å². The predicted octanol–water partition coefficient (Wildman–Crippen LogP) is 4.84. The molecule has 0 saturated carbocycles. The van der Waals surface area contributed by atoms with Gasteiger partial charge in [0.2, 0.25) is 0 Å². The Labute approximate surface area is 169 Å². The monoisotopic (exact) mass is 421 g/mol. The second kappa shape index (κ2) is 7.55. The molecule has 0 fully saturated rings. The third-order valence-electron chi connectivity index (χ3n) is 4.02. The summed E-state index contributed by atoms with van der Waals surface area (Å²) in [6.45, 7) is 5.25. The molecule has 3 aromatic heterocycles. The van der Waals surface area contributed by atoms with Crippen LogP contribution in [-0.2, 0) is 13.2 Å². The van der Waals surface area contributed by atoms with Gasteiger partial charge in [-0.05, 0) is 31.7 Å². The smallest absolute Gasteiger partial charge is 0.417 e. The van der Waals surface area contributed by atoms with E-state index in [0.717, 1.165) is 22.9 Å². The number of halogens is 3. The Bertz CT molecular complexity index is 1100. The zero-order chi connectivity index (χ0) is 21.4. The van der Waals surface area contributed by atoms with Crippen LogP contribution in [0.2, 0.25) is 0 Å². The highest BCUT2D eigenvalue weighted by Gasteiger charge is 2.32. The van der Waals surface area contributed by atoms with Gasteiger partial charge in [-0.15, -0.1) is 11.8 Å². The lowest BCUT2D eigenvalue weighted by atomic mass is 10.2. The van der Waals surface area contributed by atoms with Crippen LogP contribution in [0.1, 0.15) is 26.3 Å². The van der Waals surface area contributed by atoms with Crippen molar-refractivity contribution in [1.29, 1.82) is 5.26 Å². The first-order valence-electron chi connectivity index (χ1n) is 8.69. The van der Waals surface area contributed by atoms with Gasteiger partial charge in [0.05, 0.1) is 11.8 Å². The topological polar surface area (TPSA) is 76.6 Å². The standard InChI is InChI=1S/C19H18F3N5OS/c1-5-29-14-7-12(28-18(2,3)10-23)9-24-15(14)17-26-13-6-11(19(20,21)22)8-25-16(13)27(17)4/h6-9H,5H2,1-4H3. The van der Waals surface area contributed by atoms with Gasteiger partial charge in [-0.2, -0.15) is 18.4 Å². The van der Waals surface area contributed by atoms with Gasteiger partial charge < -0.3 is 9.30 Å². The fraction of sp³-hybridized carbons (Fsp3) is 0.368. The van der Waals surface area contributed by atoms with Crippen molar-refractivity contribution in [3.8, 4) is 23.3 Å². The second-order valence-electron chi connectivity index (χ2n) is 6.73. The van der Waals surface area contributed by atoms with Gasteiger partial charge >= 0.3 is 6.18 Å². The molecule has 0 saturated heterocycles. The van der Waals surface area contributed by atoms with E-state index < -0.39 is 17.3 Å². The molecule has 0 spiro atoms. The van der Waals surface area contributed by atoms with Gasteiger partial charge in [0.1, 0.15) is 23.0 Å². The van der Waals surface area contributed by atoms with Crippen LogP contribution in [0, 0.1) is 11.3 Å². The molecule has 0 aliphatic rings. The third-order valence-corrected chi connectivity index (χ3v) is 4.93. The van der Waals surface area contributed by atoms with Gasteiger partial charge in [0.15, 0.2) is 17.1 Å². The summed E-state index contributed by atoms with van der Waals surface area (Å²) in [6, 6.07) is 4.79. The molecule has 3 rings (SSSR count). The number of hydrogen-bond acceptors (Lipinski definition) is 6. The predicted molar refractivity (Wildman–Crippen MR) is 103 cm³/mol. The van der Waals surface area contributed by atoms with E-state index in [4.69, 9.17) is 10.00 Å². The Kier molecular flexibility index (Phi) is 5.45. The number of fused-ring (bicyclic) bond motifs is 1. The number of thioether (sulfide) groups is 1. The lowest BCUT2D eigenvalue weighted by Crippen LogP contribution is -2.25. The number of rotatable bonds is 5. The van der Waals surface area contributed by atoms with Crippen molar-refractivity contribution in [2.24, 2.45) is 7.05 Å². The summed E-state index contributed by atoms with van der Waals surface area (Å²) in [5.41, 5.74) is -0.903. The maximum Gasteiger partial charge on any atom is 0.417 e. The Balaban J connectivity index is 2.10.